The van der Waals surface area contributed by atoms with E-state index in [1.165, 1.54) is 0 Å². The van der Waals surface area contributed by atoms with Crippen LogP contribution in [0.2, 0.25) is 0 Å². The monoisotopic (exact) mass is 254 g/mol. The Morgan fingerprint density at radius 1 is 1.24 bits per heavy atom. The van der Waals surface area contributed by atoms with E-state index in [-0.39, 0.29) is 5.78 Å². The first kappa shape index (κ1) is 13.9. The highest BCUT2D eigenvalue weighted by Crippen LogP contribution is 2.15. The van der Waals surface area contributed by atoms with Gasteiger partial charge in [0.05, 0.1) is 17.9 Å². The maximum atomic E-state index is 11.9. The van der Waals surface area contributed by atoms with E-state index in [0.29, 0.717) is 12.2 Å². The fraction of sp³-hybridized carbons (Fsp3) is 0.462. The van der Waals surface area contributed by atoms with Crippen LogP contribution in [0.25, 0.3) is 0 Å². The lowest BCUT2D eigenvalue weighted by Crippen LogP contribution is -1.99. The summed E-state index contributed by atoms with van der Waals surface area (Å²) in [5.74, 6) is 1.57. The lowest BCUT2D eigenvalue weighted by Gasteiger charge is -2.03. The molecule has 0 amide bonds. The van der Waals surface area contributed by atoms with Gasteiger partial charge >= 0.3 is 0 Å². The summed E-state index contributed by atoms with van der Waals surface area (Å²) in [5.41, 5.74) is 0. The number of ketones is 1. The largest absolute Gasteiger partial charge is 0.497 e. The molecule has 0 aromatic heterocycles. The van der Waals surface area contributed by atoms with Crippen molar-refractivity contribution in [3.63, 3.8) is 0 Å². The van der Waals surface area contributed by atoms with Gasteiger partial charge in [0.15, 0.2) is 0 Å². The van der Waals surface area contributed by atoms with Crippen molar-refractivity contribution in [2.45, 2.75) is 31.1 Å². The van der Waals surface area contributed by atoms with Crippen LogP contribution < -0.4 is 4.74 Å². The average molecular weight is 254 g/mol. The van der Waals surface area contributed by atoms with Crippen LogP contribution >= 0.6 is 0 Å². The number of hydrogen-bond donors (Lipinski definition) is 0. The van der Waals surface area contributed by atoms with Crippen molar-refractivity contribution < 1.29 is 13.7 Å². The minimum Gasteiger partial charge on any atom is -0.497 e. The summed E-state index contributed by atoms with van der Waals surface area (Å²) in [6, 6.07) is 7.26. The molecule has 0 saturated carbocycles. The van der Waals surface area contributed by atoms with Crippen LogP contribution in [0.1, 0.15) is 26.2 Å². The van der Waals surface area contributed by atoms with E-state index in [2.05, 4.69) is 0 Å². The first-order valence-electron chi connectivity index (χ1n) is 5.65. The molecule has 94 valence electrons. The number of ether oxygens (including phenoxy) is 1. The zero-order valence-electron chi connectivity index (χ0n) is 10.3. The molecule has 0 radical (unpaired) electrons. The van der Waals surface area contributed by atoms with E-state index in [9.17, 15) is 9.00 Å². The van der Waals surface area contributed by atoms with Gasteiger partial charge in [-0.05, 0) is 44.0 Å². The zero-order chi connectivity index (χ0) is 12.7. The molecule has 3 nitrogen and oxygen atoms in total. The van der Waals surface area contributed by atoms with Gasteiger partial charge in [-0.15, -0.1) is 0 Å². The first-order valence-corrected chi connectivity index (χ1v) is 6.97. The summed E-state index contributed by atoms with van der Waals surface area (Å²) in [7, 11) is 0.630. The van der Waals surface area contributed by atoms with Gasteiger partial charge in [-0.2, -0.15) is 0 Å². The molecule has 1 atom stereocenters. The van der Waals surface area contributed by atoms with Crippen LogP contribution in [0.5, 0.6) is 5.75 Å². The predicted molar refractivity (Wildman–Crippen MR) is 68.8 cm³/mol. The van der Waals surface area contributed by atoms with Gasteiger partial charge in [-0.3, -0.25) is 4.21 Å². The Morgan fingerprint density at radius 3 is 2.41 bits per heavy atom. The molecule has 0 fully saturated rings. The SMILES string of the molecule is COc1ccc(S(=O)CCCCC(C)=O)cc1. The number of benzene rings is 1. The molecular weight excluding hydrogens is 236 g/mol. The second-order valence-electron chi connectivity index (χ2n) is 3.88. The fourth-order valence-corrected chi connectivity index (χ4v) is 2.59. The molecule has 1 aromatic rings. The summed E-state index contributed by atoms with van der Waals surface area (Å²) in [6.07, 6.45) is 2.22. The van der Waals surface area contributed by atoms with E-state index >= 15 is 0 Å². The van der Waals surface area contributed by atoms with Crippen molar-refractivity contribution in [1.82, 2.24) is 0 Å². The molecule has 0 spiro atoms. The number of hydrogen-bond acceptors (Lipinski definition) is 3. The molecule has 0 N–H and O–H groups in total. The Labute approximate surface area is 105 Å². The molecule has 0 aliphatic rings. The molecule has 0 saturated heterocycles. The standard InChI is InChI=1S/C13H18O3S/c1-11(14)5-3-4-10-17(15)13-8-6-12(16-2)7-9-13/h6-9H,3-5,10H2,1-2H3. The highest BCUT2D eigenvalue weighted by molar-refractivity contribution is 7.85. The maximum absolute atomic E-state index is 11.9. The molecule has 1 aromatic carbocycles. The van der Waals surface area contributed by atoms with Crippen molar-refractivity contribution >= 4 is 16.6 Å². The quantitative estimate of drug-likeness (QED) is 0.702. The van der Waals surface area contributed by atoms with Crippen LogP contribution in [-0.2, 0) is 15.6 Å². The maximum Gasteiger partial charge on any atom is 0.129 e. The van der Waals surface area contributed by atoms with E-state index in [1.807, 2.05) is 24.3 Å². The number of unbranched alkanes of at least 4 members (excludes halogenated alkanes) is 1. The van der Waals surface area contributed by atoms with Crippen LogP contribution in [0.4, 0.5) is 0 Å². The van der Waals surface area contributed by atoms with E-state index in [0.717, 1.165) is 23.5 Å². The first-order chi connectivity index (χ1) is 8.13. The Bertz CT molecular complexity index is 384. The van der Waals surface area contributed by atoms with Crippen molar-refractivity contribution in [1.29, 1.82) is 0 Å². The van der Waals surface area contributed by atoms with Gasteiger partial charge in [0.25, 0.3) is 0 Å². The smallest absolute Gasteiger partial charge is 0.129 e. The highest BCUT2D eigenvalue weighted by atomic mass is 32.2. The summed E-state index contributed by atoms with van der Waals surface area (Å²) >= 11 is 0. The van der Waals surface area contributed by atoms with Gasteiger partial charge < -0.3 is 9.53 Å². The summed E-state index contributed by atoms with van der Waals surface area (Å²) in [4.78, 5) is 11.6. The second kappa shape index (κ2) is 7.22. The lowest BCUT2D eigenvalue weighted by atomic mass is 10.2. The Kier molecular flexibility index (Phi) is 5.91. The van der Waals surface area contributed by atoms with Crippen molar-refractivity contribution in [2.75, 3.05) is 12.9 Å². The third-order valence-corrected chi connectivity index (χ3v) is 3.89. The number of methoxy groups -OCH3 is 1. The van der Waals surface area contributed by atoms with Crippen molar-refractivity contribution in [3.8, 4) is 5.75 Å². The van der Waals surface area contributed by atoms with Crippen LogP contribution in [-0.4, -0.2) is 22.9 Å². The lowest BCUT2D eigenvalue weighted by molar-refractivity contribution is -0.117. The number of rotatable bonds is 7. The third-order valence-electron chi connectivity index (χ3n) is 2.43. The molecule has 0 bridgehead atoms. The third kappa shape index (κ3) is 5.13. The minimum atomic E-state index is -0.975. The van der Waals surface area contributed by atoms with Crippen LogP contribution in [0.15, 0.2) is 29.2 Å². The topological polar surface area (TPSA) is 43.4 Å². The minimum absolute atomic E-state index is 0.195. The number of carbonyl (C=O) groups excluding carboxylic acids is 1. The Morgan fingerprint density at radius 2 is 1.88 bits per heavy atom. The second-order valence-corrected chi connectivity index (χ2v) is 5.45. The normalized spacial score (nSPS) is 12.1. The van der Waals surface area contributed by atoms with Gasteiger partial charge in [0.1, 0.15) is 11.5 Å². The van der Waals surface area contributed by atoms with E-state index in [1.54, 1.807) is 14.0 Å². The van der Waals surface area contributed by atoms with Crippen LogP contribution in [0, 0.1) is 0 Å². The predicted octanol–water partition coefficient (Wildman–Crippen LogP) is 2.56. The Hall–Kier alpha value is -1.16. The van der Waals surface area contributed by atoms with Gasteiger partial charge in [0, 0.05) is 17.1 Å². The Balaban J connectivity index is 2.38. The van der Waals surface area contributed by atoms with Gasteiger partial charge in [0.2, 0.25) is 0 Å². The molecule has 0 heterocycles. The van der Waals surface area contributed by atoms with Crippen molar-refractivity contribution in [2.24, 2.45) is 0 Å². The van der Waals surface area contributed by atoms with E-state index < -0.39 is 10.8 Å². The fourth-order valence-electron chi connectivity index (χ4n) is 1.45. The average Bonchev–Trinajstić information content (AvgIpc) is 2.34. The molecule has 17 heavy (non-hydrogen) atoms. The molecule has 1 rings (SSSR count). The molecule has 4 heteroatoms. The summed E-state index contributed by atoms with van der Waals surface area (Å²) in [5, 5.41) is 0. The molecule has 0 aliphatic heterocycles. The molecule has 0 aliphatic carbocycles. The van der Waals surface area contributed by atoms with Crippen LogP contribution in [0.3, 0.4) is 0 Å². The number of carbonyl (C=O) groups is 1. The highest BCUT2D eigenvalue weighted by Gasteiger charge is 2.04. The zero-order valence-corrected chi connectivity index (χ0v) is 11.1. The van der Waals surface area contributed by atoms with Gasteiger partial charge in [-0.1, -0.05) is 0 Å². The summed E-state index contributed by atoms with van der Waals surface area (Å²) < 4.78 is 16.9. The molecular formula is C13H18O3S. The summed E-state index contributed by atoms with van der Waals surface area (Å²) in [6.45, 7) is 1.58. The number of Topliss-reactive ketones (excluding diaryl/α,β-unsaturated/α-hetero) is 1. The van der Waals surface area contributed by atoms with E-state index in [4.69, 9.17) is 4.74 Å². The van der Waals surface area contributed by atoms with Crippen molar-refractivity contribution in [3.05, 3.63) is 24.3 Å². The van der Waals surface area contributed by atoms with Gasteiger partial charge in [-0.25, -0.2) is 0 Å². The molecule has 1 unspecified atom stereocenters.